The molecule has 2 nitrogen and oxygen atoms in total. The zero-order valence-corrected chi connectivity index (χ0v) is 10.6. The molecule has 1 aromatic carbocycles. The third-order valence-electron chi connectivity index (χ3n) is 1.87. The molecule has 0 aliphatic heterocycles. The fourth-order valence-electron chi connectivity index (χ4n) is 1.13. The highest BCUT2D eigenvalue weighted by molar-refractivity contribution is 6.32. The zero-order chi connectivity index (χ0) is 10.4. The lowest BCUT2D eigenvalue weighted by molar-refractivity contribution is 0.315. The van der Waals surface area contributed by atoms with Crippen molar-refractivity contribution in [3.8, 4) is 5.75 Å². The molecule has 0 spiro atoms. The van der Waals surface area contributed by atoms with Gasteiger partial charge in [0, 0.05) is 6.54 Å². The van der Waals surface area contributed by atoms with E-state index in [0.29, 0.717) is 11.6 Å². The van der Waals surface area contributed by atoms with Gasteiger partial charge in [0.15, 0.2) is 0 Å². The Morgan fingerprint density at radius 3 is 2.73 bits per heavy atom. The SMILES string of the molecule is CCNCCOc1ccc(C)cc1Cl.Cl. The Morgan fingerprint density at radius 1 is 1.40 bits per heavy atom. The number of hydrogen-bond donors (Lipinski definition) is 1. The summed E-state index contributed by atoms with van der Waals surface area (Å²) >= 11 is 6.00. The van der Waals surface area contributed by atoms with Gasteiger partial charge in [0.05, 0.1) is 5.02 Å². The van der Waals surface area contributed by atoms with Gasteiger partial charge in [-0.15, -0.1) is 12.4 Å². The van der Waals surface area contributed by atoms with Gasteiger partial charge in [0.1, 0.15) is 12.4 Å². The molecule has 0 atom stereocenters. The molecule has 0 aliphatic carbocycles. The van der Waals surface area contributed by atoms with Crippen molar-refractivity contribution in [2.45, 2.75) is 13.8 Å². The molecule has 15 heavy (non-hydrogen) atoms. The van der Waals surface area contributed by atoms with Crippen LogP contribution in [-0.2, 0) is 0 Å². The predicted molar refractivity (Wildman–Crippen MR) is 67.5 cm³/mol. The van der Waals surface area contributed by atoms with Crippen LogP contribution in [0.25, 0.3) is 0 Å². The molecule has 0 aromatic heterocycles. The molecule has 0 radical (unpaired) electrons. The smallest absolute Gasteiger partial charge is 0.137 e. The number of nitrogens with one attached hydrogen (secondary N) is 1. The van der Waals surface area contributed by atoms with Crippen LogP contribution in [0.4, 0.5) is 0 Å². The Bertz CT molecular complexity index is 292. The number of likely N-dealkylation sites (N-methyl/N-ethyl adjacent to an activating group) is 1. The van der Waals surface area contributed by atoms with E-state index in [9.17, 15) is 0 Å². The summed E-state index contributed by atoms with van der Waals surface area (Å²) in [7, 11) is 0. The summed E-state index contributed by atoms with van der Waals surface area (Å²) in [4.78, 5) is 0. The van der Waals surface area contributed by atoms with Crippen LogP contribution in [0.1, 0.15) is 12.5 Å². The van der Waals surface area contributed by atoms with E-state index in [1.807, 2.05) is 25.1 Å². The van der Waals surface area contributed by atoms with Gasteiger partial charge in [-0.05, 0) is 31.2 Å². The number of aryl methyl sites for hydroxylation is 1. The average Bonchev–Trinajstić information content (AvgIpc) is 2.15. The van der Waals surface area contributed by atoms with Crippen molar-refractivity contribution in [3.63, 3.8) is 0 Å². The third kappa shape index (κ3) is 5.26. The molecule has 0 fully saturated rings. The van der Waals surface area contributed by atoms with Crippen LogP contribution in [0.3, 0.4) is 0 Å². The van der Waals surface area contributed by atoms with Crippen LogP contribution in [0.2, 0.25) is 5.02 Å². The summed E-state index contributed by atoms with van der Waals surface area (Å²) in [6, 6.07) is 5.81. The Morgan fingerprint density at radius 2 is 2.13 bits per heavy atom. The van der Waals surface area contributed by atoms with Gasteiger partial charge in [-0.25, -0.2) is 0 Å². The average molecular weight is 250 g/mol. The Hall–Kier alpha value is -0.440. The van der Waals surface area contributed by atoms with Crippen molar-refractivity contribution < 1.29 is 4.74 Å². The summed E-state index contributed by atoms with van der Waals surface area (Å²) < 4.78 is 5.50. The zero-order valence-electron chi connectivity index (χ0n) is 9.05. The van der Waals surface area contributed by atoms with Crippen molar-refractivity contribution in [3.05, 3.63) is 28.8 Å². The highest BCUT2D eigenvalue weighted by Crippen LogP contribution is 2.24. The van der Waals surface area contributed by atoms with Crippen LogP contribution in [0.15, 0.2) is 18.2 Å². The lowest BCUT2D eigenvalue weighted by Crippen LogP contribution is -2.20. The Balaban J connectivity index is 0.00000196. The molecule has 1 rings (SSSR count). The van der Waals surface area contributed by atoms with Crippen molar-refractivity contribution in [1.82, 2.24) is 5.32 Å². The van der Waals surface area contributed by atoms with Crippen LogP contribution >= 0.6 is 24.0 Å². The number of hydrogen-bond acceptors (Lipinski definition) is 2. The molecule has 86 valence electrons. The fraction of sp³-hybridized carbons (Fsp3) is 0.455. The van der Waals surface area contributed by atoms with E-state index in [1.54, 1.807) is 0 Å². The van der Waals surface area contributed by atoms with Crippen molar-refractivity contribution >= 4 is 24.0 Å². The molecule has 1 aromatic rings. The standard InChI is InChI=1S/C11H16ClNO.ClH/c1-3-13-6-7-14-11-5-4-9(2)8-10(11)12;/h4-5,8,13H,3,6-7H2,1-2H3;1H. The summed E-state index contributed by atoms with van der Waals surface area (Å²) in [6.45, 7) is 6.54. The highest BCUT2D eigenvalue weighted by atomic mass is 35.5. The second kappa shape index (κ2) is 7.80. The maximum atomic E-state index is 6.00. The lowest BCUT2D eigenvalue weighted by atomic mass is 10.2. The van der Waals surface area contributed by atoms with E-state index in [4.69, 9.17) is 16.3 Å². The molecule has 0 bridgehead atoms. The minimum atomic E-state index is 0. The molecule has 0 heterocycles. The largest absolute Gasteiger partial charge is 0.491 e. The predicted octanol–water partition coefficient (Wildman–Crippen LogP) is 3.06. The summed E-state index contributed by atoms with van der Waals surface area (Å²) in [6.07, 6.45) is 0. The van der Waals surface area contributed by atoms with Crippen LogP contribution in [-0.4, -0.2) is 19.7 Å². The third-order valence-corrected chi connectivity index (χ3v) is 2.17. The van der Waals surface area contributed by atoms with Gasteiger partial charge in [-0.2, -0.15) is 0 Å². The molecule has 0 saturated heterocycles. The summed E-state index contributed by atoms with van der Waals surface area (Å²) in [5, 5.41) is 3.86. The monoisotopic (exact) mass is 249 g/mol. The number of rotatable bonds is 5. The maximum absolute atomic E-state index is 6.00. The van der Waals surface area contributed by atoms with E-state index in [2.05, 4.69) is 12.2 Å². The van der Waals surface area contributed by atoms with Crippen molar-refractivity contribution in [2.24, 2.45) is 0 Å². The van der Waals surface area contributed by atoms with E-state index in [-0.39, 0.29) is 12.4 Å². The van der Waals surface area contributed by atoms with E-state index in [0.717, 1.165) is 24.4 Å². The molecular weight excluding hydrogens is 233 g/mol. The fourth-order valence-corrected chi connectivity index (χ4v) is 1.42. The van der Waals surface area contributed by atoms with E-state index in [1.165, 1.54) is 0 Å². The summed E-state index contributed by atoms with van der Waals surface area (Å²) in [5.74, 6) is 0.759. The minimum absolute atomic E-state index is 0. The van der Waals surface area contributed by atoms with Gasteiger partial charge in [0.2, 0.25) is 0 Å². The second-order valence-corrected chi connectivity index (χ2v) is 3.54. The molecule has 0 saturated carbocycles. The van der Waals surface area contributed by atoms with Gasteiger partial charge in [-0.3, -0.25) is 0 Å². The Kier molecular flexibility index (Phi) is 7.57. The van der Waals surface area contributed by atoms with Gasteiger partial charge in [0.25, 0.3) is 0 Å². The molecule has 4 heteroatoms. The quantitative estimate of drug-likeness (QED) is 0.811. The maximum Gasteiger partial charge on any atom is 0.137 e. The first-order valence-corrected chi connectivity index (χ1v) is 5.21. The highest BCUT2D eigenvalue weighted by Gasteiger charge is 2.00. The molecule has 0 amide bonds. The van der Waals surface area contributed by atoms with E-state index < -0.39 is 0 Å². The number of halogens is 2. The van der Waals surface area contributed by atoms with Gasteiger partial charge in [-0.1, -0.05) is 24.6 Å². The molecule has 1 N–H and O–H groups in total. The second-order valence-electron chi connectivity index (χ2n) is 3.14. The van der Waals surface area contributed by atoms with Crippen LogP contribution in [0, 0.1) is 6.92 Å². The topological polar surface area (TPSA) is 21.3 Å². The van der Waals surface area contributed by atoms with Gasteiger partial charge >= 0.3 is 0 Å². The number of ether oxygens (including phenoxy) is 1. The van der Waals surface area contributed by atoms with E-state index >= 15 is 0 Å². The molecule has 0 unspecified atom stereocenters. The number of benzene rings is 1. The van der Waals surface area contributed by atoms with Crippen molar-refractivity contribution in [2.75, 3.05) is 19.7 Å². The first-order chi connectivity index (χ1) is 6.74. The summed E-state index contributed by atoms with van der Waals surface area (Å²) in [5.41, 5.74) is 1.15. The van der Waals surface area contributed by atoms with Crippen LogP contribution < -0.4 is 10.1 Å². The molecular formula is C11H17Cl2NO. The van der Waals surface area contributed by atoms with Crippen LogP contribution in [0.5, 0.6) is 5.75 Å². The van der Waals surface area contributed by atoms with Crippen molar-refractivity contribution in [1.29, 1.82) is 0 Å². The minimum Gasteiger partial charge on any atom is -0.491 e. The van der Waals surface area contributed by atoms with Gasteiger partial charge < -0.3 is 10.1 Å². The normalized spacial score (nSPS) is 9.53. The Labute approximate surface area is 102 Å². The lowest BCUT2D eigenvalue weighted by Gasteiger charge is -2.08. The first kappa shape index (κ1) is 14.6. The first-order valence-electron chi connectivity index (χ1n) is 4.83. The molecule has 0 aliphatic rings.